The molecule has 2 heterocycles. The topological polar surface area (TPSA) is 84.3 Å². The highest BCUT2D eigenvalue weighted by atomic mass is 32.2. The second kappa shape index (κ2) is 9.89. The Morgan fingerprint density at radius 1 is 0.938 bits per heavy atom. The molecule has 166 valence electrons. The molecule has 0 saturated heterocycles. The van der Waals surface area contributed by atoms with Gasteiger partial charge in [0.2, 0.25) is 5.89 Å². The van der Waals surface area contributed by atoms with Gasteiger partial charge in [0.1, 0.15) is 6.54 Å². The number of pyridine rings is 1. The van der Waals surface area contributed by atoms with Crippen molar-refractivity contribution in [3.63, 3.8) is 0 Å². The van der Waals surface area contributed by atoms with Gasteiger partial charge in [-0.25, -0.2) is 9.55 Å². The minimum atomic E-state index is -4.02. The first-order valence-corrected chi connectivity index (χ1v) is 11.7. The summed E-state index contributed by atoms with van der Waals surface area (Å²) < 4.78 is 37.6. The lowest BCUT2D eigenvalue weighted by Crippen LogP contribution is -2.30. The van der Waals surface area contributed by atoms with E-state index in [9.17, 15) is 8.42 Å². The highest BCUT2D eigenvalue weighted by Gasteiger charge is 2.11. The van der Waals surface area contributed by atoms with Crippen molar-refractivity contribution >= 4 is 10.1 Å². The molecule has 4 rings (SSSR count). The minimum absolute atomic E-state index is 0.0666. The van der Waals surface area contributed by atoms with Gasteiger partial charge in [0.05, 0.1) is 11.1 Å². The van der Waals surface area contributed by atoms with E-state index in [0.29, 0.717) is 5.89 Å². The molecule has 0 bridgehead atoms. The van der Waals surface area contributed by atoms with Crippen LogP contribution in [-0.2, 0) is 16.7 Å². The molecular weight excluding hydrogens is 424 g/mol. The summed E-state index contributed by atoms with van der Waals surface area (Å²) in [5.74, 6) is 1.47. The van der Waals surface area contributed by atoms with E-state index < -0.39 is 10.1 Å². The summed E-state index contributed by atoms with van der Waals surface area (Å²) in [7, 11) is -4.02. The number of benzene rings is 2. The molecule has 0 radical (unpaired) electrons. The minimum Gasteiger partial charge on any atom is -0.436 e. The van der Waals surface area contributed by atoms with Gasteiger partial charge in [0.25, 0.3) is 10.1 Å². The van der Waals surface area contributed by atoms with Crippen molar-refractivity contribution < 1.29 is 22.0 Å². The number of nitrogens with zero attached hydrogens (tertiary/aromatic N) is 2. The maximum absolute atomic E-state index is 10.5. The Morgan fingerprint density at radius 2 is 1.56 bits per heavy atom. The molecule has 4 aromatic rings. The lowest BCUT2D eigenvalue weighted by Gasteiger charge is -2.03. The maximum Gasteiger partial charge on any atom is 0.294 e. The molecule has 1 N–H and O–H groups in total. The summed E-state index contributed by atoms with van der Waals surface area (Å²) >= 11 is 0. The van der Waals surface area contributed by atoms with Gasteiger partial charge in [-0.1, -0.05) is 41.5 Å². The fourth-order valence-electron chi connectivity index (χ4n) is 3.14. The Hall–Kier alpha value is -3.29. The van der Waals surface area contributed by atoms with Gasteiger partial charge in [-0.3, -0.25) is 4.55 Å². The van der Waals surface area contributed by atoms with Crippen LogP contribution in [0.25, 0.3) is 22.8 Å². The molecule has 6 nitrogen and oxygen atoms in total. The molecule has 0 fully saturated rings. The third-order valence-electron chi connectivity index (χ3n) is 4.98. The average molecular weight is 452 g/mol. The number of hydrogen-bond acceptors (Lipinski definition) is 4. The Labute approximate surface area is 189 Å². The monoisotopic (exact) mass is 451 g/mol. The summed E-state index contributed by atoms with van der Waals surface area (Å²) in [6.45, 7) is 9.10. The zero-order chi connectivity index (χ0) is 23.3. The fraction of sp³-hybridized carbons (Fsp3) is 0.200. The molecule has 32 heavy (non-hydrogen) atoms. The SMILES string of the molecule is CC[n+]1ccc(-c2ncc(-c3ccc(C)cc3C)o2)cc1.Cc1ccc(S(=O)(=O)O)cc1. The summed E-state index contributed by atoms with van der Waals surface area (Å²) in [6.07, 6.45) is 5.88. The van der Waals surface area contributed by atoms with Crippen molar-refractivity contribution in [2.75, 3.05) is 0 Å². The van der Waals surface area contributed by atoms with Gasteiger partial charge in [-0.05, 0) is 45.4 Å². The third-order valence-corrected chi connectivity index (χ3v) is 5.84. The Bertz CT molecular complexity index is 1290. The molecule has 0 aliphatic heterocycles. The normalized spacial score (nSPS) is 11.0. The first kappa shape index (κ1) is 23.4. The largest absolute Gasteiger partial charge is 0.436 e. The highest BCUT2D eigenvalue weighted by molar-refractivity contribution is 7.85. The average Bonchev–Trinajstić information content (AvgIpc) is 3.24. The van der Waals surface area contributed by atoms with Crippen LogP contribution in [-0.4, -0.2) is 18.0 Å². The van der Waals surface area contributed by atoms with E-state index in [4.69, 9.17) is 8.97 Å². The van der Waals surface area contributed by atoms with Crippen LogP contribution in [0.4, 0.5) is 0 Å². The van der Waals surface area contributed by atoms with Gasteiger partial charge < -0.3 is 4.42 Å². The third kappa shape index (κ3) is 5.90. The van der Waals surface area contributed by atoms with Crippen LogP contribution in [0, 0.1) is 20.8 Å². The lowest BCUT2D eigenvalue weighted by atomic mass is 10.0. The summed E-state index contributed by atoms with van der Waals surface area (Å²) in [4.78, 5) is 4.34. The van der Waals surface area contributed by atoms with E-state index in [1.807, 2.05) is 31.5 Å². The van der Waals surface area contributed by atoms with E-state index in [2.05, 4.69) is 48.5 Å². The van der Waals surface area contributed by atoms with E-state index in [0.717, 1.165) is 29.0 Å². The first-order valence-electron chi connectivity index (χ1n) is 10.2. The molecule has 0 atom stereocenters. The molecule has 7 heteroatoms. The Balaban J connectivity index is 0.000000222. The molecule has 0 unspecified atom stereocenters. The number of oxazole rings is 1. The number of rotatable bonds is 4. The molecule has 0 amide bonds. The van der Waals surface area contributed by atoms with E-state index in [1.165, 1.54) is 23.3 Å². The molecule has 0 aliphatic rings. The zero-order valence-corrected chi connectivity index (χ0v) is 19.4. The van der Waals surface area contributed by atoms with Gasteiger partial charge >= 0.3 is 0 Å². The maximum atomic E-state index is 10.5. The van der Waals surface area contributed by atoms with Gasteiger partial charge in [-0.2, -0.15) is 8.42 Å². The van der Waals surface area contributed by atoms with Crippen molar-refractivity contribution in [1.82, 2.24) is 4.98 Å². The summed E-state index contributed by atoms with van der Waals surface area (Å²) in [5.41, 5.74) is 5.50. The predicted molar refractivity (Wildman–Crippen MR) is 124 cm³/mol. The summed E-state index contributed by atoms with van der Waals surface area (Å²) in [6, 6.07) is 16.4. The van der Waals surface area contributed by atoms with Gasteiger partial charge in [-0.15, -0.1) is 0 Å². The zero-order valence-electron chi connectivity index (χ0n) is 18.6. The lowest BCUT2D eigenvalue weighted by molar-refractivity contribution is -0.693. The van der Waals surface area contributed by atoms with Crippen molar-refractivity contribution in [3.05, 3.63) is 89.9 Å². The molecule has 2 aromatic carbocycles. The number of aryl methyl sites for hydroxylation is 4. The Morgan fingerprint density at radius 3 is 2.12 bits per heavy atom. The van der Waals surface area contributed by atoms with E-state index in [1.54, 1.807) is 18.3 Å². The second-order valence-electron chi connectivity index (χ2n) is 7.55. The van der Waals surface area contributed by atoms with Crippen LogP contribution in [0.15, 0.2) is 82.5 Å². The molecule has 0 spiro atoms. The smallest absolute Gasteiger partial charge is 0.294 e. The van der Waals surface area contributed by atoms with Gasteiger partial charge in [0, 0.05) is 23.3 Å². The standard InChI is InChI=1S/C18H19N2O.C7H8O3S/c1-4-20-9-7-15(8-10-20)18-19-12-17(21-18)16-6-5-13(2)11-14(16)3;1-6-2-4-7(5-3-6)11(8,9)10/h5-12H,4H2,1-3H3;2-5H,1H3,(H,8,9,10)/q+1;. The van der Waals surface area contributed by atoms with Crippen LogP contribution in [0.1, 0.15) is 23.6 Å². The fourth-order valence-corrected chi connectivity index (χ4v) is 3.62. The Kier molecular flexibility index (Phi) is 7.22. The van der Waals surface area contributed by atoms with Crippen LogP contribution in [0.3, 0.4) is 0 Å². The van der Waals surface area contributed by atoms with Gasteiger partial charge in [0.15, 0.2) is 18.2 Å². The van der Waals surface area contributed by atoms with Crippen LogP contribution >= 0.6 is 0 Å². The predicted octanol–water partition coefficient (Wildman–Crippen LogP) is 5.17. The molecule has 2 aromatic heterocycles. The van der Waals surface area contributed by atoms with E-state index >= 15 is 0 Å². The quantitative estimate of drug-likeness (QED) is 0.342. The molecule has 0 saturated carbocycles. The van der Waals surface area contributed by atoms with Crippen LogP contribution < -0.4 is 4.57 Å². The van der Waals surface area contributed by atoms with Crippen molar-refractivity contribution in [2.45, 2.75) is 39.1 Å². The highest BCUT2D eigenvalue weighted by Crippen LogP contribution is 2.28. The number of hydrogen-bond donors (Lipinski definition) is 1. The molecule has 0 aliphatic carbocycles. The molecular formula is C25H27N2O4S+. The second-order valence-corrected chi connectivity index (χ2v) is 8.97. The van der Waals surface area contributed by atoms with E-state index in [-0.39, 0.29) is 4.90 Å². The van der Waals surface area contributed by atoms with Crippen LogP contribution in [0.2, 0.25) is 0 Å². The number of aromatic nitrogens is 2. The van der Waals surface area contributed by atoms with Crippen molar-refractivity contribution in [2.24, 2.45) is 0 Å². The first-order chi connectivity index (χ1) is 15.2. The summed E-state index contributed by atoms with van der Waals surface area (Å²) in [5, 5.41) is 0. The van der Waals surface area contributed by atoms with Crippen molar-refractivity contribution in [3.8, 4) is 22.8 Å². The van der Waals surface area contributed by atoms with Crippen LogP contribution in [0.5, 0.6) is 0 Å². The van der Waals surface area contributed by atoms with Crippen molar-refractivity contribution in [1.29, 1.82) is 0 Å².